The number of ether oxygens (including phenoxy) is 1. The minimum absolute atomic E-state index is 0.0617. The number of anilines is 2. The molecule has 0 radical (unpaired) electrons. The van der Waals surface area contributed by atoms with Gasteiger partial charge in [0.15, 0.2) is 0 Å². The van der Waals surface area contributed by atoms with Crippen LogP contribution in [0.4, 0.5) is 11.4 Å². The molecule has 0 aliphatic rings. The maximum absolute atomic E-state index is 12.3. The predicted octanol–water partition coefficient (Wildman–Crippen LogP) is 3.83. The number of hydrogen-bond acceptors (Lipinski definition) is 3. The van der Waals surface area contributed by atoms with Gasteiger partial charge in [-0.25, -0.2) is 0 Å². The molecular formula is C18H22N2O2. The molecule has 0 atom stereocenters. The van der Waals surface area contributed by atoms with Crippen molar-refractivity contribution in [2.24, 2.45) is 0 Å². The fourth-order valence-corrected chi connectivity index (χ4v) is 2.09. The summed E-state index contributed by atoms with van der Waals surface area (Å²) in [6.45, 7) is 6.41. The normalized spacial score (nSPS) is 11.1. The molecule has 1 amide bonds. The van der Waals surface area contributed by atoms with Crippen molar-refractivity contribution >= 4 is 17.3 Å². The van der Waals surface area contributed by atoms with Crippen LogP contribution in [0.15, 0.2) is 42.5 Å². The van der Waals surface area contributed by atoms with Gasteiger partial charge in [-0.3, -0.25) is 4.79 Å². The van der Waals surface area contributed by atoms with Gasteiger partial charge >= 0.3 is 0 Å². The molecule has 2 aromatic rings. The average molecular weight is 298 g/mol. The van der Waals surface area contributed by atoms with Gasteiger partial charge in [0.2, 0.25) is 0 Å². The third kappa shape index (κ3) is 3.58. The van der Waals surface area contributed by atoms with Crippen molar-refractivity contribution in [2.75, 3.05) is 18.2 Å². The molecule has 0 aliphatic carbocycles. The van der Waals surface area contributed by atoms with Crippen molar-refractivity contribution in [3.8, 4) is 5.75 Å². The molecule has 0 aromatic heterocycles. The topological polar surface area (TPSA) is 64.3 Å². The van der Waals surface area contributed by atoms with Crippen molar-refractivity contribution in [2.45, 2.75) is 26.2 Å². The fourth-order valence-electron chi connectivity index (χ4n) is 2.09. The lowest BCUT2D eigenvalue weighted by Crippen LogP contribution is -2.15. The third-order valence-corrected chi connectivity index (χ3v) is 3.52. The Morgan fingerprint density at radius 1 is 1.09 bits per heavy atom. The first-order chi connectivity index (χ1) is 10.3. The second-order valence-electron chi connectivity index (χ2n) is 6.23. The van der Waals surface area contributed by atoms with Gasteiger partial charge in [-0.1, -0.05) is 32.9 Å². The maximum Gasteiger partial charge on any atom is 0.255 e. The lowest BCUT2D eigenvalue weighted by molar-refractivity contribution is 0.102. The summed E-state index contributed by atoms with van der Waals surface area (Å²) in [5, 5.41) is 2.82. The van der Waals surface area contributed by atoms with Crippen LogP contribution in [-0.4, -0.2) is 13.0 Å². The molecule has 0 heterocycles. The highest BCUT2D eigenvalue weighted by atomic mass is 16.5. The zero-order chi connectivity index (χ0) is 16.3. The summed E-state index contributed by atoms with van der Waals surface area (Å²) >= 11 is 0. The molecule has 2 aromatic carbocycles. The minimum Gasteiger partial charge on any atom is -0.497 e. The van der Waals surface area contributed by atoms with E-state index in [1.807, 2.05) is 24.3 Å². The summed E-state index contributed by atoms with van der Waals surface area (Å²) < 4.78 is 5.14. The zero-order valence-corrected chi connectivity index (χ0v) is 13.4. The SMILES string of the molecule is COc1ccc(N)c(NC(=O)c2ccc(C(C)(C)C)cc2)c1. The molecule has 3 N–H and O–H groups in total. The van der Waals surface area contributed by atoms with E-state index in [1.54, 1.807) is 25.3 Å². The number of methoxy groups -OCH3 is 1. The van der Waals surface area contributed by atoms with E-state index in [0.717, 1.165) is 0 Å². The summed E-state index contributed by atoms with van der Waals surface area (Å²) in [6.07, 6.45) is 0. The lowest BCUT2D eigenvalue weighted by Gasteiger charge is -2.19. The number of amides is 1. The highest BCUT2D eigenvalue weighted by Gasteiger charge is 2.15. The smallest absolute Gasteiger partial charge is 0.255 e. The van der Waals surface area contributed by atoms with Gasteiger partial charge in [0, 0.05) is 11.6 Å². The first-order valence-electron chi connectivity index (χ1n) is 7.16. The second kappa shape index (κ2) is 6.10. The van der Waals surface area contributed by atoms with Crippen LogP contribution in [0.25, 0.3) is 0 Å². The van der Waals surface area contributed by atoms with Gasteiger partial charge in [0.05, 0.1) is 18.5 Å². The van der Waals surface area contributed by atoms with E-state index in [0.29, 0.717) is 22.7 Å². The number of nitrogen functional groups attached to an aromatic ring is 1. The summed E-state index contributed by atoms with van der Waals surface area (Å²) in [7, 11) is 1.57. The summed E-state index contributed by atoms with van der Waals surface area (Å²) in [5.74, 6) is 0.452. The van der Waals surface area contributed by atoms with Crippen molar-refractivity contribution in [3.05, 3.63) is 53.6 Å². The van der Waals surface area contributed by atoms with E-state index >= 15 is 0 Å². The van der Waals surface area contributed by atoms with Crippen molar-refractivity contribution in [1.29, 1.82) is 0 Å². The number of rotatable bonds is 3. The number of hydrogen-bond donors (Lipinski definition) is 2. The molecule has 0 bridgehead atoms. The molecule has 0 spiro atoms. The Morgan fingerprint density at radius 2 is 1.73 bits per heavy atom. The molecule has 0 unspecified atom stereocenters. The first kappa shape index (κ1) is 15.9. The molecule has 0 saturated heterocycles. The summed E-state index contributed by atoms with van der Waals surface area (Å²) in [5.41, 5.74) is 8.77. The average Bonchev–Trinajstić information content (AvgIpc) is 2.48. The minimum atomic E-state index is -0.194. The monoisotopic (exact) mass is 298 g/mol. The second-order valence-corrected chi connectivity index (χ2v) is 6.23. The number of carbonyl (C=O) groups is 1. The van der Waals surface area contributed by atoms with Crippen LogP contribution in [0.1, 0.15) is 36.7 Å². The molecule has 0 fully saturated rings. The van der Waals surface area contributed by atoms with Crippen LogP contribution in [0.2, 0.25) is 0 Å². The van der Waals surface area contributed by atoms with Crippen LogP contribution >= 0.6 is 0 Å². The van der Waals surface area contributed by atoms with E-state index < -0.39 is 0 Å². The number of carbonyl (C=O) groups excluding carboxylic acids is 1. The fraction of sp³-hybridized carbons (Fsp3) is 0.278. The van der Waals surface area contributed by atoms with Crippen molar-refractivity contribution in [3.63, 3.8) is 0 Å². The van der Waals surface area contributed by atoms with Crippen molar-refractivity contribution < 1.29 is 9.53 Å². The molecular weight excluding hydrogens is 276 g/mol. The van der Waals surface area contributed by atoms with Gasteiger partial charge in [0.1, 0.15) is 5.75 Å². The Morgan fingerprint density at radius 3 is 2.27 bits per heavy atom. The molecule has 22 heavy (non-hydrogen) atoms. The van der Waals surface area contributed by atoms with Gasteiger partial charge in [-0.05, 0) is 35.2 Å². The van der Waals surface area contributed by atoms with Gasteiger partial charge in [-0.15, -0.1) is 0 Å². The van der Waals surface area contributed by atoms with E-state index in [-0.39, 0.29) is 11.3 Å². The van der Waals surface area contributed by atoms with Gasteiger partial charge in [0.25, 0.3) is 5.91 Å². The molecule has 0 saturated carbocycles. The quantitative estimate of drug-likeness (QED) is 0.846. The Bertz CT molecular complexity index is 670. The van der Waals surface area contributed by atoms with Crippen molar-refractivity contribution in [1.82, 2.24) is 0 Å². The first-order valence-corrected chi connectivity index (χ1v) is 7.16. The predicted molar refractivity (Wildman–Crippen MR) is 90.5 cm³/mol. The van der Waals surface area contributed by atoms with Gasteiger partial charge < -0.3 is 15.8 Å². The van der Waals surface area contributed by atoms with E-state index in [1.165, 1.54) is 5.56 Å². The van der Waals surface area contributed by atoms with Crippen LogP contribution in [0.5, 0.6) is 5.75 Å². The summed E-state index contributed by atoms with van der Waals surface area (Å²) in [4.78, 5) is 12.3. The standard InChI is InChI=1S/C18H22N2O2/c1-18(2,3)13-7-5-12(6-8-13)17(21)20-16-11-14(22-4)9-10-15(16)19/h5-11H,19H2,1-4H3,(H,20,21). The molecule has 0 aliphatic heterocycles. The number of nitrogens with one attached hydrogen (secondary N) is 1. The van der Waals surface area contributed by atoms with E-state index in [4.69, 9.17) is 10.5 Å². The number of benzene rings is 2. The molecule has 4 nitrogen and oxygen atoms in total. The third-order valence-electron chi connectivity index (χ3n) is 3.52. The molecule has 116 valence electrons. The zero-order valence-electron chi connectivity index (χ0n) is 13.4. The number of nitrogens with two attached hydrogens (primary N) is 1. The Kier molecular flexibility index (Phi) is 4.40. The largest absolute Gasteiger partial charge is 0.497 e. The Labute approximate surface area is 131 Å². The molecule has 4 heteroatoms. The highest BCUT2D eigenvalue weighted by molar-refractivity contribution is 6.05. The van der Waals surface area contributed by atoms with Crippen LogP contribution in [0, 0.1) is 0 Å². The van der Waals surface area contributed by atoms with Gasteiger partial charge in [-0.2, -0.15) is 0 Å². The van der Waals surface area contributed by atoms with E-state index in [9.17, 15) is 4.79 Å². The Balaban J connectivity index is 2.19. The maximum atomic E-state index is 12.3. The van der Waals surface area contributed by atoms with Crippen LogP contribution < -0.4 is 15.8 Å². The van der Waals surface area contributed by atoms with E-state index in [2.05, 4.69) is 26.1 Å². The molecule has 2 rings (SSSR count). The van der Waals surface area contributed by atoms with Crippen LogP contribution in [0.3, 0.4) is 0 Å². The summed E-state index contributed by atoms with van der Waals surface area (Å²) in [6, 6.07) is 12.8. The Hall–Kier alpha value is -2.49. The van der Waals surface area contributed by atoms with Crippen LogP contribution in [-0.2, 0) is 5.41 Å². The highest BCUT2D eigenvalue weighted by Crippen LogP contribution is 2.26. The lowest BCUT2D eigenvalue weighted by atomic mass is 9.87.